The third-order valence-corrected chi connectivity index (χ3v) is 1.98. The van der Waals surface area contributed by atoms with Gasteiger partial charge in [-0.2, -0.15) is 0 Å². The van der Waals surface area contributed by atoms with Crippen LogP contribution in [0.25, 0.3) is 0 Å². The van der Waals surface area contributed by atoms with Crippen molar-refractivity contribution in [3.05, 3.63) is 0 Å². The Hall–Kier alpha value is -1.10. The molecular weight excluding hydrogens is 194 g/mol. The first-order valence-electron chi connectivity index (χ1n) is 5.29. The number of rotatable bonds is 7. The van der Waals surface area contributed by atoms with Crippen LogP contribution in [0.5, 0.6) is 0 Å². The van der Waals surface area contributed by atoms with Crippen LogP contribution in [0.2, 0.25) is 0 Å². The fourth-order valence-corrected chi connectivity index (χ4v) is 1.23. The normalized spacial score (nSPS) is 12.2. The average molecular weight is 215 g/mol. The number of nitrogens with zero attached hydrogens (tertiary/aromatic N) is 1. The number of hydrogen-bond donors (Lipinski definition) is 2. The average Bonchev–Trinajstić information content (AvgIpc) is 2.10. The molecule has 0 aliphatic heterocycles. The molecule has 15 heavy (non-hydrogen) atoms. The summed E-state index contributed by atoms with van der Waals surface area (Å²) in [4.78, 5) is 23.9. The summed E-state index contributed by atoms with van der Waals surface area (Å²) >= 11 is 0. The van der Waals surface area contributed by atoms with Crippen molar-refractivity contribution in [2.75, 3.05) is 13.1 Å². The predicted octanol–water partition coefficient (Wildman–Crippen LogP) is -0.162. The van der Waals surface area contributed by atoms with Crippen LogP contribution in [0.1, 0.15) is 33.1 Å². The molecule has 0 spiro atoms. The van der Waals surface area contributed by atoms with Crippen LogP contribution in [0, 0.1) is 0 Å². The van der Waals surface area contributed by atoms with Gasteiger partial charge in [0, 0.05) is 19.0 Å². The molecule has 0 saturated heterocycles. The van der Waals surface area contributed by atoms with Gasteiger partial charge in [0.2, 0.25) is 11.8 Å². The van der Waals surface area contributed by atoms with Crippen LogP contribution in [-0.2, 0) is 9.59 Å². The number of carbonyl (C=O) groups excluding carboxylic acids is 2. The fourth-order valence-electron chi connectivity index (χ4n) is 1.23. The van der Waals surface area contributed by atoms with E-state index in [0.717, 1.165) is 12.8 Å². The first-order valence-corrected chi connectivity index (χ1v) is 5.29. The van der Waals surface area contributed by atoms with Crippen molar-refractivity contribution >= 4 is 11.8 Å². The molecule has 0 radical (unpaired) electrons. The second-order valence-corrected chi connectivity index (χ2v) is 3.82. The quantitative estimate of drug-likeness (QED) is 0.618. The standard InChI is InChI=1S/C10H21N3O2/c1-3-4-5-13(7-9(12)14)10(15)6-8(2)11/h8H,3-7,11H2,1-2H3,(H2,12,14). The molecule has 2 amide bonds. The molecule has 0 aromatic rings. The zero-order valence-corrected chi connectivity index (χ0v) is 9.53. The molecule has 5 heteroatoms. The van der Waals surface area contributed by atoms with Gasteiger partial charge in [-0.05, 0) is 13.3 Å². The van der Waals surface area contributed by atoms with Gasteiger partial charge in [-0.3, -0.25) is 9.59 Å². The lowest BCUT2D eigenvalue weighted by Gasteiger charge is -2.21. The summed E-state index contributed by atoms with van der Waals surface area (Å²) in [6.07, 6.45) is 2.11. The molecule has 0 saturated carbocycles. The van der Waals surface area contributed by atoms with E-state index >= 15 is 0 Å². The first-order chi connectivity index (χ1) is 6.97. The van der Waals surface area contributed by atoms with E-state index in [1.54, 1.807) is 6.92 Å². The Morgan fingerprint density at radius 2 is 2.00 bits per heavy atom. The number of carbonyl (C=O) groups is 2. The monoisotopic (exact) mass is 215 g/mol. The van der Waals surface area contributed by atoms with Crippen molar-refractivity contribution in [3.8, 4) is 0 Å². The molecule has 4 N–H and O–H groups in total. The number of amides is 2. The second kappa shape index (κ2) is 7.23. The van der Waals surface area contributed by atoms with Gasteiger partial charge in [0.1, 0.15) is 0 Å². The Morgan fingerprint density at radius 3 is 2.40 bits per heavy atom. The molecule has 0 bridgehead atoms. The SMILES string of the molecule is CCCCN(CC(N)=O)C(=O)CC(C)N. The Labute approximate surface area is 90.8 Å². The van der Waals surface area contributed by atoms with Crippen molar-refractivity contribution < 1.29 is 9.59 Å². The molecule has 1 atom stereocenters. The smallest absolute Gasteiger partial charge is 0.237 e. The molecule has 5 nitrogen and oxygen atoms in total. The Morgan fingerprint density at radius 1 is 1.40 bits per heavy atom. The Balaban J connectivity index is 4.20. The fraction of sp³-hybridized carbons (Fsp3) is 0.800. The van der Waals surface area contributed by atoms with Gasteiger partial charge in [0.15, 0.2) is 0 Å². The van der Waals surface area contributed by atoms with Gasteiger partial charge in [0.05, 0.1) is 6.54 Å². The maximum atomic E-state index is 11.6. The maximum absolute atomic E-state index is 11.6. The molecule has 0 aliphatic carbocycles. The van der Waals surface area contributed by atoms with Crippen LogP contribution < -0.4 is 11.5 Å². The van der Waals surface area contributed by atoms with E-state index in [4.69, 9.17) is 11.5 Å². The van der Waals surface area contributed by atoms with Crippen LogP contribution in [0.3, 0.4) is 0 Å². The summed E-state index contributed by atoms with van der Waals surface area (Å²) in [5.74, 6) is -0.582. The van der Waals surface area contributed by atoms with E-state index in [9.17, 15) is 9.59 Å². The summed E-state index contributed by atoms with van der Waals surface area (Å²) < 4.78 is 0. The first kappa shape index (κ1) is 13.9. The lowest BCUT2D eigenvalue weighted by Crippen LogP contribution is -2.41. The highest BCUT2D eigenvalue weighted by Gasteiger charge is 2.16. The van der Waals surface area contributed by atoms with Crippen molar-refractivity contribution in [1.29, 1.82) is 0 Å². The van der Waals surface area contributed by atoms with Gasteiger partial charge in [-0.25, -0.2) is 0 Å². The summed E-state index contributed by atoms with van der Waals surface area (Å²) in [5.41, 5.74) is 10.6. The van der Waals surface area contributed by atoms with E-state index < -0.39 is 5.91 Å². The van der Waals surface area contributed by atoms with Gasteiger partial charge in [-0.15, -0.1) is 0 Å². The van der Waals surface area contributed by atoms with Crippen LogP contribution in [0.4, 0.5) is 0 Å². The molecule has 0 heterocycles. The van der Waals surface area contributed by atoms with Gasteiger partial charge in [0.25, 0.3) is 0 Å². The minimum absolute atomic E-state index is 0.00838. The molecular formula is C10H21N3O2. The Kier molecular flexibility index (Phi) is 6.70. The predicted molar refractivity (Wildman–Crippen MR) is 58.9 cm³/mol. The maximum Gasteiger partial charge on any atom is 0.237 e. The second-order valence-electron chi connectivity index (χ2n) is 3.82. The summed E-state index contributed by atoms with van der Waals surface area (Å²) in [5, 5.41) is 0. The molecule has 0 aliphatic rings. The highest BCUT2D eigenvalue weighted by molar-refractivity contribution is 5.84. The third-order valence-electron chi connectivity index (χ3n) is 1.98. The zero-order chi connectivity index (χ0) is 11.8. The topological polar surface area (TPSA) is 89.4 Å². The van der Waals surface area contributed by atoms with Crippen molar-refractivity contribution in [3.63, 3.8) is 0 Å². The van der Waals surface area contributed by atoms with Crippen LogP contribution >= 0.6 is 0 Å². The van der Waals surface area contributed by atoms with Gasteiger partial charge >= 0.3 is 0 Å². The zero-order valence-electron chi connectivity index (χ0n) is 9.53. The molecule has 0 aromatic carbocycles. The van der Waals surface area contributed by atoms with E-state index in [1.165, 1.54) is 4.90 Å². The number of primary amides is 1. The summed E-state index contributed by atoms with van der Waals surface area (Å²) in [7, 11) is 0. The van der Waals surface area contributed by atoms with Crippen LogP contribution in [-0.4, -0.2) is 35.8 Å². The minimum atomic E-state index is -0.482. The van der Waals surface area contributed by atoms with Crippen molar-refractivity contribution in [1.82, 2.24) is 4.90 Å². The van der Waals surface area contributed by atoms with E-state index in [2.05, 4.69) is 0 Å². The lowest BCUT2D eigenvalue weighted by molar-refractivity contribution is -0.135. The number of nitrogens with two attached hydrogens (primary N) is 2. The lowest BCUT2D eigenvalue weighted by atomic mass is 10.2. The number of hydrogen-bond acceptors (Lipinski definition) is 3. The Bertz CT molecular complexity index is 217. The molecule has 1 unspecified atom stereocenters. The van der Waals surface area contributed by atoms with E-state index in [-0.39, 0.29) is 24.9 Å². The van der Waals surface area contributed by atoms with Crippen molar-refractivity contribution in [2.24, 2.45) is 11.5 Å². The van der Waals surface area contributed by atoms with E-state index in [0.29, 0.717) is 6.54 Å². The highest BCUT2D eigenvalue weighted by Crippen LogP contribution is 2.00. The van der Waals surface area contributed by atoms with Gasteiger partial charge < -0.3 is 16.4 Å². The minimum Gasteiger partial charge on any atom is -0.368 e. The van der Waals surface area contributed by atoms with Crippen LogP contribution in [0.15, 0.2) is 0 Å². The van der Waals surface area contributed by atoms with Crippen molar-refractivity contribution in [2.45, 2.75) is 39.2 Å². The molecule has 0 fully saturated rings. The summed E-state index contributed by atoms with van der Waals surface area (Å²) in [6, 6.07) is -0.186. The third kappa shape index (κ3) is 6.90. The van der Waals surface area contributed by atoms with E-state index in [1.807, 2.05) is 6.92 Å². The number of unbranched alkanes of at least 4 members (excludes halogenated alkanes) is 1. The molecule has 0 aromatic heterocycles. The highest BCUT2D eigenvalue weighted by atomic mass is 16.2. The largest absolute Gasteiger partial charge is 0.368 e. The van der Waals surface area contributed by atoms with Gasteiger partial charge in [-0.1, -0.05) is 13.3 Å². The molecule has 88 valence electrons. The molecule has 0 rings (SSSR count). The summed E-state index contributed by atoms with van der Waals surface area (Å²) in [6.45, 7) is 4.36.